The van der Waals surface area contributed by atoms with Crippen molar-refractivity contribution in [3.8, 4) is 0 Å². The lowest BCUT2D eigenvalue weighted by Crippen LogP contribution is -2.41. The van der Waals surface area contributed by atoms with Crippen molar-refractivity contribution in [3.05, 3.63) is 71.8 Å². The summed E-state index contributed by atoms with van der Waals surface area (Å²) in [5.74, 6) is -1.36. The van der Waals surface area contributed by atoms with Crippen molar-refractivity contribution >= 4 is 29.2 Å². The quantitative estimate of drug-likeness (QED) is 0.600. The van der Waals surface area contributed by atoms with Crippen LogP contribution in [-0.4, -0.2) is 29.2 Å². The van der Waals surface area contributed by atoms with Crippen LogP contribution in [0.2, 0.25) is 0 Å². The minimum atomic E-state index is -0.784. The Morgan fingerprint density at radius 1 is 1.10 bits per heavy atom. The van der Waals surface area contributed by atoms with Gasteiger partial charge in [0, 0.05) is 24.1 Å². The van der Waals surface area contributed by atoms with Crippen LogP contribution in [0.15, 0.2) is 64.5 Å². The number of hydrogen-bond donors (Lipinski definition) is 1. The summed E-state index contributed by atoms with van der Waals surface area (Å²) in [4.78, 5) is 15.7. The molecule has 1 aliphatic heterocycles. The Kier molecular flexibility index (Phi) is 6.46. The average Bonchev–Trinajstić information content (AvgIpc) is 2.78. The predicted octanol–water partition coefficient (Wildman–Crippen LogP) is 5.07. The van der Waals surface area contributed by atoms with Gasteiger partial charge in [-0.05, 0) is 56.2 Å². The fourth-order valence-electron chi connectivity index (χ4n) is 3.49. The van der Waals surface area contributed by atoms with Crippen molar-refractivity contribution in [1.82, 2.24) is 10.2 Å². The number of aryl methyl sites for hydroxylation is 1. The van der Waals surface area contributed by atoms with Crippen LogP contribution < -0.4 is 10.2 Å². The molecule has 8 heteroatoms. The molecule has 1 aromatic heterocycles. The van der Waals surface area contributed by atoms with Crippen molar-refractivity contribution in [2.75, 3.05) is 23.3 Å². The lowest BCUT2D eigenvalue weighted by atomic mass is 9.97. The molecule has 160 valence electrons. The van der Waals surface area contributed by atoms with E-state index in [1.165, 1.54) is 11.6 Å². The number of piperidine rings is 1. The maximum atomic E-state index is 13.8. The topological polar surface area (TPSA) is 58.1 Å². The molecule has 2 heterocycles. The molecule has 0 spiro atoms. The molecule has 31 heavy (non-hydrogen) atoms. The minimum absolute atomic E-state index is 0.0131. The fraction of sp³-hybridized carbons (Fsp3) is 0.261. The second-order valence-electron chi connectivity index (χ2n) is 7.54. The molecular weight excluding hydrogens is 418 g/mol. The first kappa shape index (κ1) is 21.2. The summed E-state index contributed by atoms with van der Waals surface area (Å²) in [7, 11) is 0. The normalized spacial score (nSPS) is 16.2. The number of rotatable bonds is 5. The van der Waals surface area contributed by atoms with Crippen LogP contribution in [0.3, 0.4) is 0 Å². The summed E-state index contributed by atoms with van der Waals surface area (Å²) >= 11 is 1.54. The first-order chi connectivity index (χ1) is 15.0. The van der Waals surface area contributed by atoms with Gasteiger partial charge in [-0.2, -0.15) is 0 Å². The van der Waals surface area contributed by atoms with Gasteiger partial charge in [0.2, 0.25) is 5.91 Å². The largest absolute Gasteiger partial charge is 0.354 e. The second-order valence-corrected chi connectivity index (χ2v) is 8.64. The van der Waals surface area contributed by atoms with Crippen molar-refractivity contribution in [3.63, 3.8) is 0 Å². The van der Waals surface area contributed by atoms with Crippen molar-refractivity contribution in [2.24, 2.45) is 5.92 Å². The van der Waals surface area contributed by atoms with E-state index in [0.717, 1.165) is 35.0 Å². The van der Waals surface area contributed by atoms with Crippen molar-refractivity contribution < 1.29 is 13.6 Å². The number of halogens is 2. The van der Waals surface area contributed by atoms with Crippen LogP contribution in [-0.2, 0) is 4.79 Å². The third kappa shape index (κ3) is 5.38. The smallest absolute Gasteiger partial charge is 0.229 e. The lowest BCUT2D eigenvalue weighted by molar-refractivity contribution is -0.120. The van der Waals surface area contributed by atoms with Crippen LogP contribution in [0.25, 0.3) is 0 Å². The number of carbonyl (C=O) groups excluding carboxylic acids is 1. The highest BCUT2D eigenvalue weighted by atomic mass is 32.2. The fourth-order valence-corrected chi connectivity index (χ4v) is 4.22. The Balaban J connectivity index is 1.38. The molecule has 4 rings (SSSR count). The average molecular weight is 441 g/mol. The number of benzene rings is 2. The number of nitrogens with one attached hydrogen (secondary N) is 1. The zero-order valence-electron chi connectivity index (χ0n) is 17.0. The highest BCUT2D eigenvalue weighted by Gasteiger charge is 2.27. The molecule has 1 amide bonds. The molecule has 0 radical (unpaired) electrons. The Morgan fingerprint density at radius 2 is 1.90 bits per heavy atom. The van der Waals surface area contributed by atoms with Gasteiger partial charge >= 0.3 is 0 Å². The molecule has 1 aliphatic rings. The lowest BCUT2D eigenvalue weighted by Gasteiger charge is -2.32. The number of carbonyl (C=O) groups is 1. The van der Waals surface area contributed by atoms with E-state index < -0.39 is 11.6 Å². The van der Waals surface area contributed by atoms with E-state index in [-0.39, 0.29) is 17.5 Å². The highest BCUT2D eigenvalue weighted by Crippen LogP contribution is 2.28. The molecule has 0 aliphatic carbocycles. The van der Waals surface area contributed by atoms with Gasteiger partial charge in [0.05, 0.1) is 11.6 Å². The van der Waals surface area contributed by atoms with Crippen LogP contribution in [0, 0.1) is 24.5 Å². The molecular formula is C23H22F2N4OS. The molecule has 0 unspecified atom stereocenters. The van der Waals surface area contributed by atoms with Crippen LogP contribution >= 0.6 is 11.8 Å². The van der Waals surface area contributed by atoms with Crippen molar-refractivity contribution in [2.45, 2.75) is 29.7 Å². The summed E-state index contributed by atoms with van der Waals surface area (Å²) in [6.45, 7) is 3.28. The second kappa shape index (κ2) is 9.43. The maximum absolute atomic E-state index is 13.8. The molecule has 1 N–H and O–H groups in total. The van der Waals surface area contributed by atoms with E-state index in [0.29, 0.717) is 18.8 Å². The summed E-state index contributed by atoms with van der Waals surface area (Å²) in [5, 5.41) is 12.0. The molecule has 1 saturated heterocycles. The Bertz CT molecular complexity index is 1060. The molecule has 0 bridgehead atoms. The zero-order chi connectivity index (χ0) is 21.8. The SMILES string of the molecule is Cc1ccc(Sc2ccc(N3CCC[C@H](C(=O)Nc4ccc(F)cc4F)C3)nn2)cc1. The van der Waals surface area contributed by atoms with E-state index in [1.54, 1.807) is 11.8 Å². The molecule has 1 atom stereocenters. The van der Waals surface area contributed by atoms with E-state index in [1.807, 2.05) is 36.1 Å². The van der Waals surface area contributed by atoms with Crippen LogP contribution in [0.5, 0.6) is 0 Å². The number of nitrogens with zero attached hydrogens (tertiary/aromatic N) is 3. The summed E-state index contributed by atoms with van der Waals surface area (Å²) < 4.78 is 26.9. The third-order valence-corrected chi connectivity index (χ3v) is 6.11. The molecule has 2 aromatic carbocycles. The van der Waals surface area contributed by atoms with Gasteiger partial charge in [-0.15, -0.1) is 10.2 Å². The van der Waals surface area contributed by atoms with E-state index in [4.69, 9.17) is 0 Å². The summed E-state index contributed by atoms with van der Waals surface area (Å²) in [6.07, 6.45) is 1.51. The summed E-state index contributed by atoms with van der Waals surface area (Å²) in [6, 6.07) is 15.2. The van der Waals surface area contributed by atoms with Crippen molar-refractivity contribution in [1.29, 1.82) is 0 Å². The van der Waals surface area contributed by atoms with E-state index in [2.05, 4.69) is 27.6 Å². The molecule has 0 saturated carbocycles. The van der Waals surface area contributed by atoms with Gasteiger partial charge in [0.1, 0.15) is 16.7 Å². The van der Waals surface area contributed by atoms with Crippen LogP contribution in [0.1, 0.15) is 18.4 Å². The number of hydrogen-bond acceptors (Lipinski definition) is 5. The van der Waals surface area contributed by atoms with Gasteiger partial charge in [0.25, 0.3) is 0 Å². The minimum Gasteiger partial charge on any atom is -0.354 e. The van der Waals surface area contributed by atoms with Gasteiger partial charge < -0.3 is 10.2 Å². The van der Waals surface area contributed by atoms with Gasteiger partial charge in [0.15, 0.2) is 5.82 Å². The van der Waals surface area contributed by atoms with Gasteiger partial charge in [-0.25, -0.2) is 8.78 Å². The highest BCUT2D eigenvalue weighted by molar-refractivity contribution is 7.99. The number of amides is 1. The number of anilines is 2. The first-order valence-electron chi connectivity index (χ1n) is 10.1. The maximum Gasteiger partial charge on any atom is 0.229 e. The Morgan fingerprint density at radius 3 is 2.61 bits per heavy atom. The van der Waals surface area contributed by atoms with Crippen LogP contribution in [0.4, 0.5) is 20.3 Å². The van der Waals surface area contributed by atoms with Gasteiger partial charge in [-0.1, -0.05) is 29.5 Å². The van der Waals surface area contributed by atoms with E-state index >= 15 is 0 Å². The summed E-state index contributed by atoms with van der Waals surface area (Å²) in [5.41, 5.74) is 1.19. The molecule has 1 fully saturated rings. The Labute approximate surface area is 183 Å². The van der Waals surface area contributed by atoms with Gasteiger partial charge in [-0.3, -0.25) is 4.79 Å². The first-order valence-corrected chi connectivity index (χ1v) is 10.9. The number of aromatic nitrogens is 2. The van der Waals surface area contributed by atoms with E-state index in [9.17, 15) is 13.6 Å². The molecule has 5 nitrogen and oxygen atoms in total. The predicted molar refractivity (Wildman–Crippen MR) is 117 cm³/mol. The molecule has 3 aromatic rings. The zero-order valence-corrected chi connectivity index (χ0v) is 17.8. The third-order valence-electron chi connectivity index (χ3n) is 5.17. The Hall–Kier alpha value is -3.00. The monoisotopic (exact) mass is 440 g/mol. The standard InChI is InChI=1S/C23H22F2N4OS/c1-15-4-7-18(8-5-15)31-22-11-10-21(27-28-22)29-12-2-3-16(14-29)23(30)26-20-9-6-17(24)13-19(20)25/h4-11,13,16H,2-3,12,14H2,1H3,(H,26,30)/t16-/m0/s1.